The number of rotatable bonds is 3. The van der Waals surface area contributed by atoms with Crippen LogP contribution in [0.3, 0.4) is 0 Å². The maximum Gasteiger partial charge on any atom is 0.339 e. The highest BCUT2D eigenvalue weighted by atomic mass is 79.9. The Hall–Kier alpha value is -1.40. The van der Waals surface area contributed by atoms with Crippen molar-refractivity contribution >= 4 is 49.3 Å². The van der Waals surface area contributed by atoms with Crippen LogP contribution < -0.4 is 5.32 Å². The number of hydrogen-bond donors (Lipinski definition) is 2. The molecule has 2 N–H and O–H groups in total. The Kier molecular flexibility index (Phi) is 3.98. The number of aromatic nitrogens is 1. The molecule has 0 atom stereocenters. The molecule has 0 aliphatic heterocycles. The number of halogens is 2. The van der Waals surface area contributed by atoms with Crippen molar-refractivity contribution in [2.45, 2.75) is 0 Å². The molecule has 18 heavy (non-hydrogen) atoms. The van der Waals surface area contributed by atoms with Crippen molar-refractivity contribution in [1.82, 2.24) is 4.98 Å². The van der Waals surface area contributed by atoms with E-state index in [4.69, 9.17) is 5.11 Å². The van der Waals surface area contributed by atoms with Gasteiger partial charge in [-0.1, -0.05) is 15.9 Å². The first-order valence-electron chi connectivity index (χ1n) is 4.98. The van der Waals surface area contributed by atoms with Gasteiger partial charge in [0, 0.05) is 15.1 Å². The lowest BCUT2D eigenvalue weighted by molar-refractivity contribution is 0.0697. The van der Waals surface area contributed by atoms with Crippen LogP contribution in [0.4, 0.5) is 11.5 Å². The fourth-order valence-corrected chi connectivity index (χ4v) is 2.54. The van der Waals surface area contributed by atoms with E-state index in [9.17, 15) is 4.79 Å². The maximum atomic E-state index is 11.1. The number of benzene rings is 1. The molecule has 0 unspecified atom stereocenters. The van der Waals surface area contributed by atoms with Crippen molar-refractivity contribution < 1.29 is 9.90 Å². The summed E-state index contributed by atoms with van der Waals surface area (Å²) in [7, 11) is 0. The molecular formula is C12H8Br2N2O2. The van der Waals surface area contributed by atoms with E-state index in [1.54, 1.807) is 12.3 Å². The summed E-state index contributed by atoms with van der Waals surface area (Å²) in [6, 6.07) is 8.65. The second-order valence-electron chi connectivity index (χ2n) is 3.45. The minimum absolute atomic E-state index is 0.132. The third-order valence-corrected chi connectivity index (χ3v) is 3.37. The second kappa shape index (κ2) is 5.49. The zero-order valence-electron chi connectivity index (χ0n) is 9.02. The number of carbonyl (C=O) groups is 1. The molecule has 4 nitrogen and oxygen atoms in total. The minimum Gasteiger partial charge on any atom is -0.478 e. The number of anilines is 2. The van der Waals surface area contributed by atoms with Gasteiger partial charge in [0.1, 0.15) is 11.4 Å². The van der Waals surface area contributed by atoms with Crippen LogP contribution in [-0.2, 0) is 0 Å². The molecule has 2 aromatic rings. The van der Waals surface area contributed by atoms with Gasteiger partial charge in [-0.15, -0.1) is 0 Å². The molecule has 6 heteroatoms. The van der Waals surface area contributed by atoms with Crippen LogP contribution in [0.15, 0.2) is 45.5 Å². The monoisotopic (exact) mass is 370 g/mol. The number of hydrogen-bond acceptors (Lipinski definition) is 3. The maximum absolute atomic E-state index is 11.1. The predicted molar refractivity (Wildman–Crippen MR) is 76.3 cm³/mol. The highest BCUT2D eigenvalue weighted by Crippen LogP contribution is 2.29. The Morgan fingerprint density at radius 1 is 1.28 bits per heavy atom. The molecule has 0 fully saturated rings. The van der Waals surface area contributed by atoms with Crippen molar-refractivity contribution in [2.75, 3.05) is 5.32 Å². The number of nitrogens with one attached hydrogen (secondary N) is 1. The van der Waals surface area contributed by atoms with Crippen LogP contribution in [0.5, 0.6) is 0 Å². The van der Waals surface area contributed by atoms with Crippen molar-refractivity contribution in [3.8, 4) is 0 Å². The van der Waals surface area contributed by atoms with Crippen LogP contribution >= 0.6 is 31.9 Å². The van der Waals surface area contributed by atoms with E-state index in [-0.39, 0.29) is 5.56 Å². The summed E-state index contributed by atoms with van der Waals surface area (Å²) >= 11 is 6.75. The van der Waals surface area contributed by atoms with Crippen LogP contribution in [0.25, 0.3) is 0 Å². The van der Waals surface area contributed by atoms with Gasteiger partial charge >= 0.3 is 5.97 Å². The smallest absolute Gasteiger partial charge is 0.339 e. The van der Waals surface area contributed by atoms with Crippen LogP contribution in [0, 0.1) is 0 Å². The van der Waals surface area contributed by atoms with Crippen molar-refractivity contribution in [1.29, 1.82) is 0 Å². The van der Waals surface area contributed by atoms with Crippen LogP contribution in [0.2, 0.25) is 0 Å². The van der Waals surface area contributed by atoms with Gasteiger partial charge in [0.05, 0.1) is 5.69 Å². The summed E-state index contributed by atoms with van der Waals surface area (Å²) in [4.78, 5) is 15.1. The quantitative estimate of drug-likeness (QED) is 0.854. The Morgan fingerprint density at radius 3 is 2.72 bits per heavy atom. The fourth-order valence-electron chi connectivity index (χ4n) is 1.40. The third-order valence-electron chi connectivity index (χ3n) is 2.22. The van der Waals surface area contributed by atoms with Gasteiger partial charge in [-0.3, -0.25) is 0 Å². The minimum atomic E-state index is -1.01. The molecule has 92 valence electrons. The average Bonchev–Trinajstić information content (AvgIpc) is 2.33. The molecular weight excluding hydrogens is 364 g/mol. The lowest BCUT2D eigenvalue weighted by atomic mass is 10.2. The zero-order chi connectivity index (χ0) is 13.1. The molecule has 0 amide bonds. The summed E-state index contributed by atoms with van der Waals surface area (Å²) in [5.74, 6) is -0.702. The van der Waals surface area contributed by atoms with Crippen LogP contribution in [0.1, 0.15) is 10.4 Å². The van der Waals surface area contributed by atoms with Crippen LogP contribution in [-0.4, -0.2) is 16.1 Å². The predicted octanol–water partition coefficient (Wildman–Crippen LogP) is 4.05. The van der Waals surface area contributed by atoms with E-state index in [1.807, 2.05) is 18.2 Å². The van der Waals surface area contributed by atoms with E-state index >= 15 is 0 Å². The number of carboxylic acids is 1. The highest BCUT2D eigenvalue weighted by Gasteiger charge is 2.11. The standard InChI is InChI=1S/C12H8Br2N2O2/c13-7-3-4-10(9(14)6-7)16-11-8(12(17)18)2-1-5-15-11/h1-6H,(H,15,16)(H,17,18). The fraction of sp³-hybridized carbons (Fsp3) is 0. The first-order valence-corrected chi connectivity index (χ1v) is 6.57. The summed E-state index contributed by atoms with van der Waals surface area (Å²) in [5, 5.41) is 12.0. The first kappa shape index (κ1) is 13.0. The number of pyridine rings is 1. The van der Waals surface area contributed by atoms with Gasteiger partial charge in [0.15, 0.2) is 0 Å². The topological polar surface area (TPSA) is 62.2 Å². The molecule has 0 spiro atoms. The van der Waals surface area contributed by atoms with Crippen molar-refractivity contribution in [3.05, 3.63) is 51.0 Å². The van der Waals surface area contributed by atoms with Gasteiger partial charge in [0.2, 0.25) is 0 Å². The van der Waals surface area contributed by atoms with E-state index < -0.39 is 5.97 Å². The molecule has 0 saturated heterocycles. The second-order valence-corrected chi connectivity index (χ2v) is 5.22. The SMILES string of the molecule is O=C(O)c1cccnc1Nc1ccc(Br)cc1Br. The number of nitrogens with zero attached hydrogens (tertiary/aromatic N) is 1. The molecule has 0 aliphatic carbocycles. The zero-order valence-corrected chi connectivity index (χ0v) is 12.2. The first-order chi connectivity index (χ1) is 8.58. The summed E-state index contributed by atoms with van der Waals surface area (Å²) in [6.07, 6.45) is 1.54. The normalized spacial score (nSPS) is 10.1. The average molecular weight is 372 g/mol. The number of carboxylic acid groups (broad SMARTS) is 1. The van der Waals surface area contributed by atoms with Gasteiger partial charge in [-0.05, 0) is 46.3 Å². The van der Waals surface area contributed by atoms with E-state index in [0.717, 1.165) is 14.6 Å². The number of aromatic carboxylic acids is 1. The Labute approximate surface area is 120 Å². The Morgan fingerprint density at radius 2 is 2.06 bits per heavy atom. The van der Waals surface area contributed by atoms with E-state index in [1.165, 1.54) is 6.07 Å². The Balaban J connectivity index is 2.37. The van der Waals surface area contributed by atoms with Gasteiger partial charge < -0.3 is 10.4 Å². The van der Waals surface area contributed by atoms with Crippen molar-refractivity contribution in [3.63, 3.8) is 0 Å². The summed E-state index contributed by atoms with van der Waals surface area (Å²) in [6.45, 7) is 0. The molecule has 0 bridgehead atoms. The van der Waals surface area contributed by atoms with E-state index in [2.05, 4.69) is 42.2 Å². The van der Waals surface area contributed by atoms with Crippen molar-refractivity contribution in [2.24, 2.45) is 0 Å². The lowest BCUT2D eigenvalue weighted by Gasteiger charge is -2.10. The lowest BCUT2D eigenvalue weighted by Crippen LogP contribution is -2.04. The Bertz CT molecular complexity index is 602. The highest BCUT2D eigenvalue weighted by molar-refractivity contribution is 9.11. The third kappa shape index (κ3) is 2.88. The molecule has 0 saturated carbocycles. The molecule has 0 radical (unpaired) electrons. The van der Waals surface area contributed by atoms with Gasteiger partial charge in [-0.2, -0.15) is 0 Å². The summed E-state index contributed by atoms with van der Waals surface area (Å²) in [5.41, 5.74) is 0.881. The van der Waals surface area contributed by atoms with Gasteiger partial charge in [0.25, 0.3) is 0 Å². The molecule has 0 aliphatic rings. The largest absolute Gasteiger partial charge is 0.478 e. The molecule has 1 aromatic heterocycles. The molecule has 1 heterocycles. The molecule has 1 aromatic carbocycles. The summed E-state index contributed by atoms with van der Waals surface area (Å²) < 4.78 is 1.75. The molecule has 2 rings (SSSR count). The van der Waals surface area contributed by atoms with E-state index in [0.29, 0.717) is 5.82 Å². The van der Waals surface area contributed by atoms with Gasteiger partial charge in [-0.25, -0.2) is 9.78 Å².